The average Bonchev–Trinajstić information content (AvgIpc) is 2.86. The fourth-order valence-electron chi connectivity index (χ4n) is 3.91. The number of amides is 1. The minimum Gasteiger partial charge on any atom is -0.497 e. The molecule has 0 aliphatic carbocycles. The Labute approximate surface area is 191 Å². The molecule has 4 aromatic rings. The highest BCUT2D eigenvalue weighted by Crippen LogP contribution is 2.30. The van der Waals surface area contributed by atoms with Gasteiger partial charge in [-0.3, -0.25) is 9.78 Å². The number of ether oxygens (including phenoxy) is 2. The van der Waals surface area contributed by atoms with E-state index in [1.54, 1.807) is 7.11 Å². The van der Waals surface area contributed by atoms with Gasteiger partial charge in [0.2, 0.25) is 0 Å². The lowest BCUT2D eigenvalue weighted by Crippen LogP contribution is -2.26. The number of pyridine rings is 2. The highest BCUT2D eigenvalue weighted by Gasteiger charge is 2.17. The van der Waals surface area contributed by atoms with Gasteiger partial charge in [0, 0.05) is 18.1 Å². The molecule has 33 heavy (non-hydrogen) atoms. The second-order valence-corrected chi connectivity index (χ2v) is 7.85. The molecule has 1 amide bonds. The maximum absolute atomic E-state index is 11.5. The number of anilines is 1. The van der Waals surface area contributed by atoms with Crippen molar-refractivity contribution >= 4 is 22.6 Å². The number of methoxy groups -OCH3 is 1. The van der Waals surface area contributed by atoms with Crippen LogP contribution in [0.4, 0.5) is 5.82 Å². The average molecular weight is 441 g/mol. The van der Waals surface area contributed by atoms with Crippen molar-refractivity contribution in [1.82, 2.24) is 15.3 Å². The van der Waals surface area contributed by atoms with Crippen LogP contribution in [0.15, 0.2) is 66.9 Å². The molecule has 0 radical (unpaired) electrons. The maximum atomic E-state index is 11.5. The van der Waals surface area contributed by atoms with Crippen molar-refractivity contribution in [3.8, 4) is 22.6 Å². The summed E-state index contributed by atoms with van der Waals surface area (Å²) in [5, 5.41) is 7.23. The van der Waals surface area contributed by atoms with Crippen molar-refractivity contribution in [2.75, 3.05) is 25.6 Å². The Morgan fingerprint density at radius 2 is 1.97 bits per heavy atom. The second-order valence-electron chi connectivity index (χ2n) is 7.85. The van der Waals surface area contributed by atoms with Gasteiger partial charge in [-0.05, 0) is 66.1 Å². The molecule has 1 aliphatic rings. The van der Waals surface area contributed by atoms with E-state index in [9.17, 15) is 4.79 Å². The third-order valence-corrected chi connectivity index (χ3v) is 5.64. The summed E-state index contributed by atoms with van der Waals surface area (Å²) in [5.41, 5.74) is 5.34. The summed E-state index contributed by atoms with van der Waals surface area (Å²) < 4.78 is 10.7. The predicted octanol–water partition coefficient (Wildman–Crippen LogP) is 3.97. The van der Waals surface area contributed by atoms with Gasteiger partial charge in [0.05, 0.1) is 18.3 Å². The van der Waals surface area contributed by atoms with Gasteiger partial charge in [0.1, 0.15) is 5.75 Å². The standard InChI is InChI=1S/C26H24N4O3/c1-32-20-7-8-23-22(14-20)21(11-13-28-23)18-4-2-17(3-5-18)10-12-27-15-19-6-9-24-26(29-19)30-25(31)16-33-24/h2-9,11,13-14,27H,10,12,15-16H2,1H3,(H,29,30,31). The highest BCUT2D eigenvalue weighted by molar-refractivity contribution is 5.95. The SMILES string of the molecule is COc1ccc2nccc(-c3ccc(CCNCc4ccc5c(n4)NC(=O)CO5)cc3)c2c1. The summed E-state index contributed by atoms with van der Waals surface area (Å²) >= 11 is 0. The molecule has 0 spiro atoms. The minimum atomic E-state index is -0.178. The van der Waals surface area contributed by atoms with Crippen LogP contribution in [0.3, 0.4) is 0 Å². The van der Waals surface area contributed by atoms with Gasteiger partial charge in [0.15, 0.2) is 18.2 Å². The predicted molar refractivity (Wildman–Crippen MR) is 128 cm³/mol. The van der Waals surface area contributed by atoms with E-state index in [-0.39, 0.29) is 12.5 Å². The smallest absolute Gasteiger partial charge is 0.263 e. The van der Waals surface area contributed by atoms with Gasteiger partial charge < -0.3 is 20.1 Å². The van der Waals surface area contributed by atoms with Gasteiger partial charge in [-0.1, -0.05) is 24.3 Å². The molecule has 2 aromatic carbocycles. The van der Waals surface area contributed by atoms with Crippen LogP contribution >= 0.6 is 0 Å². The number of hydrogen-bond acceptors (Lipinski definition) is 6. The van der Waals surface area contributed by atoms with Crippen molar-refractivity contribution < 1.29 is 14.3 Å². The number of fused-ring (bicyclic) bond motifs is 2. The zero-order valence-corrected chi connectivity index (χ0v) is 18.3. The van der Waals surface area contributed by atoms with Crippen molar-refractivity contribution in [2.45, 2.75) is 13.0 Å². The number of nitrogens with one attached hydrogen (secondary N) is 2. The normalized spacial score (nSPS) is 12.7. The lowest BCUT2D eigenvalue weighted by atomic mass is 9.99. The van der Waals surface area contributed by atoms with Crippen LogP contribution in [0, 0.1) is 0 Å². The Hall–Kier alpha value is -3.97. The number of hydrogen-bond donors (Lipinski definition) is 2. The molecule has 2 aromatic heterocycles. The van der Waals surface area contributed by atoms with Crippen LogP contribution in [-0.4, -0.2) is 36.1 Å². The van der Waals surface area contributed by atoms with Crippen molar-refractivity contribution in [3.63, 3.8) is 0 Å². The monoisotopic (exact) mass is 440 g/mol. The van der Waals surface area contributed by atoms with Gasteiger partial charge in [-0.15, -0.1) is 0 Å². The van der Waals surface area contributed by atoms with Crippen LogP contribution in [0.5, 0.6) is 11.5 Å². The summed E-state index contributed by atoms with van der Waals surface area (Å²) in [4.78, 5) is 20.4. The summed E-state index contributed by atoms with van der Waals surface area (Å²) in [6.45, 7) is 1.47. The van der Waals surface area contributed by atoms with Gasteiger partial charge >= 0.3 is 0 Å². The van der Waals surface area contributed by atoms with Crippen LogP contribution < -0.4 is 20.1 Å². The van der Waals surface area contributed by atoms with Crippen LogP contribution in [0.25, 0.3) is 22.0 Å². The van der Waals surface area contributed by atoms with E-state index in [0.29, 0.717) is 18.1 Å². The first-order chi connectivity index (χ1) is 16.2. The lowest BCUT2D eigenvalue weighted by Gasteiger charge is -2.17. The van der Waals surface area contributed by atoms with Crippen LogP contribution in [0.1, 0.15) is 11.3 Å². The minimum absolute atomic E-state index is 0.0383. The molecule has 0 saturated heterocycles. The Morgan fingerprint density at radius 3 is 2.82 bits per heavy atom. The van der Waals surface area contributed by atoms with E-state index >= 15 is 0 Å². The third kappa shape index (κ3) is 4.63. The van der Waals surface area contributed by atoms with E-state index in [4.69, 9.17) is 9.47 Å². The summed E-state index contributed by atoms with van der Waals surface area (Å²) in [7, 11) is 1.67. The van der Waals surface area contributed by atoms with Crippen LogP contribution in [-0.2, 0) is 17.8 Å². The summed E-state index contributed by atoms with van der Waals surface area (Å²) in [6, 6.07) is 20.4. The maximum Gasteiger partial charge on any atom is 0.263 e. The van der Waals surface area contributed by atoms with Gasteiger partial charge in [0.25, 0.3) is 5.91 Å². The van der Waals surface area contributed by atoms with Gasteiger partial charge in [-0.2, -0.15) is 0 Å². The molecule has 0 unspecified atom stereocenters. The van der Waals surface area contributed by atoms with Crippen molar-refractivity contribution in [2.24, 2.45) is 0 Å². The molecule has 7 heteroatoms. The van der Waals surface area contributed by atoms with Crippen molar-refractivity contribution in [3.05, 3.63) is 78.1 Å². The summed E-state index contributed by atoms with van der Waals surface area (Å²) in [5.74, 6) is 1.74. The van der Waals surface area contributed by atoms with E-state index < -0.39 is 0 Å². The lowest BCUT2D eigenvalue weighted by molar-refractivity contribution is -0.118. The first kappa shape index (κ1) is 20.9. The number of aromatic nitrogens is 2. The fourth-order valence-corrected chi connectivity index (χ4v) is 3.91. The topological polar surface area (TPSA) is 85.4 Å². The molecule has 0 atom stereocenters. The fraction of sp³-hybridized carbons (Fsp3) is 0.192. The molecular formula is C26H24N4O3. The number of carbonyl (C=O) groups is 1. The van der Waals surface area contributed by atoms with E-state index in [1.165, 1.54) is 5.56 Å². The van der Waals surface area contributed by atoms with Gasteiger partial charge in [-0.25, -0.2) is 4.98 Å². The zero-order valence-electron chi connectivity index (χ0n) is 18.3. The first-order valence-corrected chi connectivity index (χ1v) is 10.8. The van der Waals surface area contributed by atoms with Crippen LogP contribution in [0.2, 0.25) is 0 Å². The number of carbonyl (C=O) groups excluding carboxylic acids is 1. The molecule has 7 nitrogen and oxygen atoms in total. The first-order valence-electron chi connectivity index (χ1n) is 10.8. The Bertz CT molecular complexity index is 1300. The highest BCUT2D eigenvalue weighted by atomic mass is 16.5. The van der Waals surface area contributed by atoms with E-state index in [2.05, 4.69) is 44.9 Å². The summed E-state index contributed by atoms with van der Waals surface area (Å²) in [6.07, 6.45) is 2.74. The van der Waals surface area contributed by atoms with E-state index in [0.717, 1.165) is 46.4 Å². The molecule has 5 rings (SSSR count). The number of rotatable bonds is 7. The number of nitrogens with zero attached hydrogens (tertiary/aromatic N) is 2. The Kier molecular flexibility index (Phi) is 5.87. The quantitative estimate of drug-likeness (QED) is 0.423. The zero-order chi connectivity index (χ0) is 22.6. The molecule has 0 saturated carbocycles. The molecule has 3 heterocycles. The molecule has 0 fully saturated rings. The molecular weight excluding hydrogens is 416 g/mol. The molecule has 2 N–H and O–H groups in total. The molecule has 0 bridgehead atoms. The Balaban J connectivity index is 1.20. The van der Waals surface area contributed by atoms with Crippen molar-refractivity contribution in [1.29, 1.82) is 0 Å². The largest absolute Gasteiger partial charge is 0.497 e. The second kappa shape index (κ2) is 9.26. The Morgan fingerprint density at radius 1 is 1.09 bits per heavy atom. The van der Waals surface area contributed by atoms with E-state index in [1.807, 2.05) is 42.6 Å². The molecule has 1 aliphatic heterocycles. The molecule has 166 valence electrons. The third-order valence-electron chi connectivity index (χ3n) is 5.64. The number of benzene rings is 2.